The summed E-state index contributed by atoms with van der Waals surface area (Å²) in [5, 5.41) is 6.85. The molecular weight excluding hydrogens is 404 g/mol. The van der Waals surface area contributed by atoms with E-state index in [4.69, 9.17) is 23.8 Å². The van der Waals surface area contributed by atoms with E-state index in [0.717, 1.165) is 55.2 Å². The van der Waals surface area contributed by atoms with Gasteiger partial charge in [-0.1, -0.05) is 30.7 Å². The minimum atomic E-state index is -0.231. The Bertz CT molecular complexity index is 910. The summed E-state index contributed by atoms with van der Waals surface area (Å²) in [7, 11) is 0. The number of carbonyl (C=O) groups is 1. The third-order valence-electron chi connectivity index (χ3n) is 5.37. The van der Waals surface area contributed by atoms with Gasteiger partial charge in [0.25, 0.3) is 5.91 Å². The SMILES string of the molecule is CCN1CCN(c2c(Cl)cccc2NC(=S)NC(=O)c2ccc(C)c(C)c2)CC1. The van der Waals surface area contributed by atoms with Gasteiger partial charge in [-0.25, -0.2) is 0 Å². The fourth-order valence-electron chi connectivity index (χ4n) is 3.44. The highest BCUT2D eigenvalue weighted by atomic mass is 35.5. The van der Waals surface area contributed by atoms with E-state index >= 15 is 0 Å². The Morgan fingerprint density at radius 2 is 1.83 bits per heavy atom. The summed E-state index contributed by atoms with van der Waals surface area (Å²) in [6.45, 7) is 11.0. The summed E-state index contributed by atoms with van der Waals surface area (Å²) in [6, 6.07) is 11.3. The van der Waals surface area contributed by atoms with Gasteiger partial charge >= 0.3 is 0 Å². The minimum absolute atomic E-state index is 0.231. The molecule has 2 aromatic carbocycles. The number of amides is 1. The van der Waals surface area contributed by atoms with Crippen LogP contribution in [0.15, 0.2) is 36.4 Å². The van der Waals surface area contributed by atoms with Crippen LogP contribution < -0.4 is 15.5 Å². The fourth-order valence-corrected chi connectivity index (χ4v) is 3.93. The number of hydrogen-bond acceptors (Lipinski definition) is 4. The highest BCUT2D eigenvalue weighted by molar-refractivity contribution is 7.80. The summed E-state index contributed by atoms with van der Waals surface area (Å²) in [5.41, 5.74) is 4.52. The van der Waals surface area contributed by atoms with Crippen LogP contribution in [0.3, 0.4) is 0 Å². The number of halogens is 1. The zero-order valence-corrected chi connectivity index (χ0v) is 18.7. The molecule has 1 amide bonds. The van der Waals surface area contributed by atoms with Crippen molar-refractivity contribution >= 4 is 46.2 Å². The molecule has 2 aromatic rings. The molecular formula is C22H27ClN4OS. The topological polar surface area (TPSA) is 47.6 Å². The molecule has 1 saturated heterocycles. The third kappa shape index (κ3) is 5.26. The quantitative estimate of drug-likeness (QED) is 0.711. The van der Waals surface area contributed by atoms with Gasteiger partial charge in [0.1, 0.15) is 0 Å². The van der Waals surface area contributed by atoms with Gasteiger partial charge in [-0.3, -0.25) is 10.1 Å². The Morgan fingerprint density at radius 3 is 2.48 bits per heavy atom. The third-order valence-corrected chi connectivity index (χ3v) is 5.88. The van der Waals surface area contributed by atoms with Crippen molar-refractivity contribution < 1.29 is 4.79 Å². The number of piperazine rings is 1. The largest absolute Gasteiger partial charge is 0.366 e. The number of thiocarbonyl (C=S) groups is 1. The molecule has 0 aliphatic carbocycles. The number of rotatable bonds is 4. The molecule has 0 spiro atoms. The number of benzene rings is 2. The van der Waals surface area contributed by atoms with E-state index in [1.807, 2.05) is 44.2 Å². The molecule has 154 valence electrons. The second kappa shape index (κ2) is 9.57. The van der Waals surface area contributed by atoms with Crippen molar-refractivity contribution in [3.8, 4) is 0 Å². The molecule has 7 heteroatoms. The van der Waals surface area contributed by atoms with Gasteiger partial charge in [0, 0.05) is 31.7 Å². The summed E-state index contributed by atoms with van der Waals surface area (Å²) in [4.78, 5) is 17.2. The number of nitrogens with zero attached hydrogens (tertiary/aromatic N) is 2. The van der Waals surface area contributed by atoms with Crippen LogP contribution in [0.5, 0.6) is 0 Å². The lowest BCUT2D eigenvalue weighted by Crippen LogP contribution is -2.46. The molecule has 2 N–H and O–H groups in total. The van der Waals surface area contributed by atoms with Gasteiger partial charge in [0.2, 0.25) is 0 Å². The molecule has 1 aliphatic heterocycles. The smallest absolute Gasteiger partial charge is 0.257 e. The summed E-state index contributed by atoms with van der Waals surface area (Å²) < 4.78 is 0. The predicted molar refractivity (Wildman–Crippen MR) is 125 cm³/mol. The molecule has 0 unspecified atom stereocenters. The molecule has 1 aliphatic rings. The van der Waals surface area contributed by atoms with Crippen LogP contribution in [0, 0.1) is 13.8 Å². The summed E-state index contributed by atoms with van der Waals surface area (Å²) in [6.07, 6.45) is 0. The van der Waals surface area contributed by atoms with E-state index in [-0.39, 0.29) is 11.0 Å². The van der Waals surface area contributed by atoms with Gasteiger partial charge in [-0.2, -0.15) is 0 Å². The Balaban J connectivity index is 1.71. The second-order valence-corrected chi connectivity index (χ2v) is 8.08. The fraction of sp³-hybridized carbons (Fsp3) is 0.364. The monoisotopic (exact) mass is 430 g/mol. The Morgan fingerprint density at radius 1 is 1.10 bits per heavy atom. The maximum Gasteiger partial charge on any atom is 0.257 e. The molecule has 29 heavy (non-hydrogen) atoms. The van der Waals surface area contributed by atoms with E-state index in [2.05, 4.69) is 27.4 Å². The van der Waals surface area contributed by atoms with E-state index < -0.39 is 0 Å². The van der Waals surface area contributed by atoms with Crippen molar-refractivity contribution in [2.45, 2.75) is 20.8 Å². The zero-order chi connectivity index (χ0) is 21.0. The Kier molecular flexibility index (Phi) is 7.11. The van der Waals surface area contributed by atoms with Gasteiger partial charge < -0.3 is 15.1 Å². The first kappa shape index (κ1) is 21.6. The molecule has 5 nitrogen and oxygen atoms in total. The number of aryl methyl sites for hydroxylation is 2. The van der Waals surface area contributed by atoms with Gasteiger partial charge in [0.15, 0.2) is 5.11 Å². The average Bonchev–Trinajstić information content (AvgIpc) is 2.70. The van der Waals surface area contributed by atoms with Gasteiger partial charge in [0.05, 0.1) is 16.4 Å². The standard InChI is InChI=1S/C22H27ClN4OS/c1-4-26-10-12-27(13-11-26)20-18(23)6-5-7-19(20)24-22(29)25-21(28)17-9-8-15(2)16(3)14-17/h5-9,14H,4,10-13H2,1-3H3,(H2,24,25,28,29). The van der Waals surface area contributed by atoms with Crippen LogP contribution in [0.25, 0.3) is 0 Å². The van der Waals surface area contributed by atoms with Crippen LogP contribution >= 0.6 is 23.8 Å². The molecule has 0 atom stereocenters. The first-order valence-corrected chi connectivity index (χ1v) is 10.6. The molecule has 1 heterocycles. The highest BCUT2D eigenvalue weighted by Gasteiger charge is 2.21. The number of carbonyl (C=O) groups excluding carboxylic acids is 1. The first-order valence-electron chi connectivity index (χ1n) is 9.84. The lowest BCUT2D eigenvalue weighted by Gasteiger charge is -2.37. The number of anilines is 2. The average molecular weight is 431 g/mol. The zero-order valence-electron chi connectivity index (χ0n) is 17.1. The van der Waals surface area contributed by atoms with Crippen LogP contribution in [-0.2, 0) is 0 Å². The lowest BCUT2D eigenvalue weighted by atomic mass is 10.1. The lowest BCUT2D eigenvalue weighted by molar-refractivity contribution is 0.0977. The van der Waals surface area contributed by atoms with E-state index in [1.54, 1.807) is 6.07 Å². The first-order chi connectivity index (χ1) is 13.9. The number of para-hydroxylation sites is 1. The minimum Gasteiger partial charge on any atom is -0.366 e. The van der Waals surface area contributed by atoms with E-state index in [9.17, 15) is 4.79 Å². The highest BCUT2D eigenvalue weighted by Crippen LogP contribution is 2.34. The molecule has 0 radical (unpaired) electrons. The molecule has 0 aromatic heterocycles. The van der Waals surface area contributed by atoms with Gasteiger partial charge in [-0.15, -0.1) is 0 Å². The molecule has 1 fully saturated rings. The van der Waals surface area contributed by atoms with Crippen LogP contribution in [0.1, 0.15) is 28.4 Å². The van der Waals surface area contributed by atoms with Crippen molar-refractivity contribution in [2.24, 2.45) is 0 Å². The normalized spacial score (nSPS) is 14.6. The van der Waals surface area contributed by atoms with Crippen LogP contribution in [0.2, 0.25) is 5.02 Å². The van der Waals surface area contributed by atoms with E-state index in [0.29, 0.717) is 10.6 Å². The summed E-state index contributed by atoms with van der Waals surface area (Å²) in [5.74, 6) is -0.231. The maximum absolute atomic E-state index is 12.6. The van der Waals surface area contributed by atoms with Gasteiger partial charge in [-0.05, 0) is 68.0 Å². The van der Waals surface area contributed by atoms with Crippen molar-refractivity contribution in [2.75, 3.05) is 42.9 Å². The number of nitrogens with one attached hydrogen (secondary N) is 2. The van der Waals surface area contributed by atoms with Crippen molar-refractivity contribution in [3.63, 3.8) is 0 Å². The molecule has 3 rings (SSSR count). The summed E-state index contributed by atoms with van der Waals surface area (Å²) >= 11 is 11.9. The molecule has 0 saturated carbocycles. The van der Waals surface area contributed by atoms with Crippen molar-refractivity contribution in [1.82, 2.24) is 10.2 Å². The van der Waals surface area contributed by atoms with E-state index in [1.165, 1.54) is 0 Å². The number of likely N-dealkylation sites (N-methyl/N-ethyl adjacent to an activating group) is 1. The molecule has 0 bridgehead atoms. The van der Waals surface area contributed by atoms with Crippen molar-refractivity contribution in [3.05, 3.63) is 58.1 Å². The van der Waals surface area contributed by atoms with Crippen LogP contribution in [0.4, 0.5) is 11.4 Å². The Hall–Kier alpha value is -2.15. The maximum atomic E-state index is 12.6. The van der Waals surface area contributed by atoms with Crippen LogP contribution in [-0.4, -0.2) is 48.6 Å². The van der Waals surface area contributed by atoms with Crippen molar-refractivity contribution in [1.29, 1.82) is 0 Å². The Labute approximate surface area is 183 Å². The second-order valence-electron chi connectivity index (χ2n) is 7.26. The predicted octanol–water partition coefficient (Wildman–Crippen LogP) is 4.23. The number of hydrogen-bond donors (Lipinski definition) is 2.